The number of aromatic amines is 2. The quantitative estimate of drug-likeness (QED) is 0.296. The summed E-state index contributed by atoms with van der Waals surface area (Å²) in [4.78, 5) is 1.21. The van der Waals surface area contributed by atoms with Crippen LogP contribution in [0.5, 0.6) is 0 Å². The maximum absolute atomic E-state index is 5.32. The Morgan fingerprint density at radius 2 is 1.81 bits per heavy atom. The number of nitrogens with zero attached hydrogens (tertiary/aromatic N) is 4. The van der Waals surface area contributed by atoms with E-state index in [1.54, 1.807) is 22.7 Å². The average molecular weight is 393 g/mol. The molecule has 4 aromatic rings. The molecule has 0 amide bonds. The minimum absolute atomic E-state index is 0.415. The summed E-state index contributed by atoms with van der Waals surface area (Å²) in [6.07, 6.45) is 3.81. The van der Waals surface area contributed by atoms with Gasteiger partial charge in [-0.05, 0) is 42.2 Å². The molecular weight excluding hydrogens is 376 g/mol. The predicted molar refractivity (Wildman–Crippen MR) is 112 cm³/mol. The highest BCUT2D eigenvalue weighted by Crippen LogP contribution is 2.22. The van der Waals surface area contributed by atoms with E-state index in [2.05, 4.69) is 37.6 Å². The third-order valence-electron chi connectivity index (χ3n) is 3.98. The van der Waals surface area contributed by atoms with Crippen molar-refractivity contribution in [2.45, 2.75) is 4.90 Å². The zero-order chi connectivity index (χ0) is 18.6. The number of rotatable bonds is 5. The molecule has 2 aromatic carbocycles. The summed E-state index contributed by atoms with van der Waals surface area (Å²) in [5.74, 6) is 0.576. The van der Waals surface area contributed by atoms with E-state index >= 15 is 0 Å². The molecule has 0 radical (unpaired) electrons. The number of aromatic nitrogens is 5. The lowest BCUT2D eigenvalue weighted by Crippen LogP contribution is -1.95. The molecule has 0 aliphatic carbocycles. The SMILES string of the molecule is CSc1ccc(/C=N/n2c(-c3cc(-c4ccccc4)n[nH]3)n[nH]c2=S)cc1. The Morgan fingerprint density at radius 1 is 1.04 bits per heavy atom. The first kappa shape index (κ1) is 17.4. The van der Waals surface area contributed by atoms with Crippen LogP contribution < -0.4 is 0 Å². The highest BCUT2D eigenvalue weighted by atomic mass is 32.2. The van der Waals surface area contributed by atoms with Gasteiger partial charge in [0.15, 0.2) is 0 Å². The van der Waals surface area contributed by atoms with E-state index in [-0.39, 0.29) is 0 Å². The van der Waals surface area contributed by atoms with Crippen LogP contribution in [-0.4, -0.2) is 37.5 Å². The van der Waals surface area contributed by atoms with Crippen molar-refractivity contribution in [3.8, 4) is 22.8 Å². The van der Waals surface area contributed by atoms with Gasteiger partial charge in [0.05, 0.1) is 11.9 Å². The average Bonchev–Trinajstić information content (AvgIpc) is 3.34. The van der Waals surface area contributed by atoms with Gasteiger partial charge in [-0.15, -0.1) is 11.8 Å². The summed E-state index contributed by atoms with van der Waals surface area (Å²) in [7, 11) is 0. The van der Waals surface area contributed by atoms with Gasteiger partial charge in [0, 0.05) is 10.5 Å². The number of H-pyrrole nitrogens is 2. The number of thioether (sulfide) groups is 1. The minimum Gasteiger partial charge on any atom is -0.274 e. The molecule has 6 nitrogen and oxygen atoms in total. The molecule has 27 heavy (non-hydrogen) atoms. The fraction of sp³-hybridized carbons (Fsp3) is 0.0526. The zero-order valence-corrected chi connectivity index (χ0v) is 16.1. The van der Waals surface area contributed by atoms with E-state index in [0.29, 0.717) is 10.6 Å². The minimum atomic E-state index is 0.415. The zero-order valence-electron chi connectivity index (χ0n) is 14.5. The van der Waals surface area contributed by atoms with Crippen molar-refractivity contribution >= 4 is 30.2 Å². The van der Waals surface area contributed by atoms with Crippen LogP contribution in [0.25, 0.3) is 22.8 Å². The maximum atomic E-state index is 5.32. The Balaban J connectivity index is 1.65. The summed E-state index contributed by atoms with van der Waals surface area (Å²) in [6, 6.07) is 20.0. The Bertz CT molecular complexity index is 1120. The fourth-order valence-corrected chi connectivity index (χ4v) is 3.17. The molecular formula is C19H16N6S2. The molecule has 0 aliphatic rings. The topological polar surface area (TPSA) is 74.7 Å². The Morgan fingerprint density at radius 3 is 2.56 bits per heavy atom. The van der Waals surface area contributed by atoms with E-state index < -0.39 is 0 Å². The van der Waals surface area contributed by atoms with Gasteiger partial charge >= 0.3 is 0 Å². The first-order chi connectivity index (χ1) is 13.2. The summed E-state index contributed by atoms with van der Waals surface area (Å²) < 4.78 is 2.00. The molecule has 0 saturated carbocycles. The molecule has 2 aromatic heterocycles. The second-order valence-electron chi connectivity index (χ2n) is 5.71. The Hall–Kier alpha value is -2.97. The lowest BCUT2D eigenvalue weighted by atomic mass is 10.1. The normalized spacial score (nSPS) is 11.3. The molecule has 0 bridgehead atoms. The van der Waals surface area contributed by atoms with Crippen LogP contribution >= 0.6 is 24.0 Å². The van der Waals surface area contributed by atoms with Gasteiger partial charge in [-0.3, -0.25) is 5.10 Å². The number of hydrogen-bond acceptors (Lipinski definition) is 5. The third-order valence-corrected chi connectivity index (χ3v) is 4.98. The van der Waals surface area contributed by atoms with Crippen molar-refractivity contribution in [1.29, 1.82) is 0 Å². The van der Waals surface area contributed by atoms with Gasteiger partial charge in [0.2, 0.25) is 10.6 Å². The van der Waals surface area contributed by atoms with Crippen molar-refractivity contribution in [3.05, 3.63) is 71.0 Å². The molecule has 0 atom stereocenters. The standard InChI is InChI=1S/C19H16N6S2/c1-27-15-9-7-13(8-10-15)12-20-25-18(23-24-19(25)26)17-11-16(21-22-17)14-5-3-2-4-6-14/h2-12H,1H3,(H,21,22)(H,24,26)/b20-12+. The third kappa shape index (κ3) is 3.76. The van der Waals surface area contributed by atoms with E-state index in [9.17, 15) is 0 Å². The van der Waals surface area contributed by atoms with Gasteiger partial charge in [-0.2, -0.15) is 20.0 Å². The van der Waals surface area contributed by atoms with Crippen LogP contribution in [0.4, 0.5) is 0 Å². The second kappa shape index (κ2) is 7.73. The van der Waals surface area contributed by atoms with Crippen molar-refractivity contribution in [2.24, 2.45) is 5.10 Å². The molecule has 0 aliphatic heterocycles. The van der Waals surface area contributed by atoms with Crippen LogP contribution in [0.15, 0.2) is 70.7 Å². The van der Waals surface area contributed by atoms with Gasteiger partial charge in [0.25, 0.3) is 0 Å². The molecule has 0 saturated heterocycles. The first-order valence-electron chi connectivity index (χ1n) is 8.21. The van der Waals surface area contributed by atoms with Crippen LogP contribution in [0, 0.1) is 4.77 Å². The lowest BCUT2D eigenvalue weighted by Gasteiger charge is -1.99. The van der Waals surface area contributed by atoms with Gasteiger partial charge in [-0.1, -0.05) is 42.5 Å². The van der Waals surface area contributed by atoms with Gasteiger partial charge in [-0.25, -0.2) is 5.10 Å². The number of benzene rings is 2. The summed E-state index contributed by atoms with van der Waals surface area (Å²) in [6.45, 7) is 0. The van der Waals surface area contributed by atoms with Crippen molar-refractivity contribution in [1.82, 2.24) is 25.1 Å². The van der Waals surface area contributed by atoms with Gasteiger partial charge in [0.1, 0.15) is 5.69 Å². The summed E-state index contributed by atoms with van der Waals surface area (Å²) >= 11 is 7.03. The van der Waals surface area contributed by atoms with Crippen LogP contribution in [0.3, 0.4) is 0 Å². The fourth-order valence-electron chi connectivity index (χ4n) is 2.58. The highest BCUT2D eigenvalue weighted by Gasteiger charge is 2.12. The molecule has 0 fully saturated rings. The Labute approximate surface area is 165 Å². The van der Waals surface area contributed by atoms with Crippen LogP contribution in [-0.2, 0) is 0 Å². The molecule has 4 rings (SSSR count). The monoisotopic (exact) mass is 392 g/mol. The van der Waals surface area contributed by atoms with E-state index in [1.807, 2.05) is 54.8 Å². The summed E-state index contributed by atoms with van der Waals surface area (Å²) in [5.41, 5.74) is 3.58. The smallest absolute Gasteiger partial charge is 0.216 e. The summed E-state index contributed by atoms with van der Waals surface area (Å²) in [5, 5.41) is 19.0. The molecule has 2 heterocycles. The maximum Gasteiger partial charge on any atom is 0.216 e. The molecule has 134 valence electrons. The molecule has 8 heteroatoms. The number of hydrogen-bond donors (Lipinski definition) is 2. The molecule has 0 spiro atoms. The lowest BCUT2D eigenvalue weighted by molar-refractivity contribution is 0.865. The van der Waals surface area contributed by atoms with Crippen LogP contribution in [0.1, 0.15) is 5.56 Å². The van der Waals surface area contributed by atoms with E-state index in [1.165, 1.54) is 4.90 Å². The van der Waals surface area contributed by atoms with Crippen molar-refractivity contribution in [3.63, 3.8) is 0 Å². The van der Waals surface area contributed by atoms with Crippen molar-refractivity contribution in [2.75, 3.05) is 6.26 Å². The van der Waals surface area contributed by atoms with Crippen LogP contribution in [0.2, 0.25) is 0 Å². The second-order valence-corrected chi connectivity index (χ2v) is 6.98. The Kier molecular flexibility index (Phi) is 4.99. The largest absolute Gasteiger partial charge is 0.274 e. The molecule has 0 unspecified atom stereocenters. The first-order valence-corrected chi connectivity index (χ1v) is 9.85. The highest BCUT2D eigenvalue weighted by molar-refractivity contribution is 7.98. The van der Waals surface area contributed by atoms with E-state index in [4.69, 9.17) is 12.2 Å². The predicted octanol–water partition coefficient (Wildman–Crippen LogP) is 4.60. The van der Waals surface area contributed by atoms with Crippen molar-refractivity contribution < 1.29 is 0 Å². The molecule has 2 N–H and O–H groups in total. The van der Waals surface area contributed by atoms with E-state index in [0.717, 1.165) is 22.5 Å². The number of nitrogens with one attached hydrogen (secondary N) is 2. The van der Waals surface area contributed by atoms with Gasteiger partial charge < -0.3 is 0 Å².